The van der Waals surface area contributed by atoms with E-state index in [-0.39, 0.29) is 12.8 Å². The minimum atomic E-state index is -1.51. The van der Waals surface area contributed by atoms with Crippen LogP contribution in [0.5, 0.6) is 0 Å². The van der Waals surface area contributed by atoms with Gasteiger partial charge in [-0.1, -0.05) is 13.8 Å². The third kappa shape index (κ3) is 12.1. The minimum absolute atomic E-state index is 0.285. The van der Waals surface area contributed by atoms with Crippen LogP contribution in [0, 0.1) is 5.92 Å². The predicted molar refractivity (Wildman–Crippen MR) is 121 cm³/mol. The number of rotatable bonds is 16. The number of carboxylic acid groups (broad SMARTS) is 1. The Morgan fingerprint density at radius 1 is 0.848 bits per heavy atom. The topological polar surface area (TPSA) is 237 Å². The summed E-state index contributed by atoms with van der Waals surface area (Å²) in [5.41, 5.74) is 16.0. The number of nitrogens with one attached hydrogen (secondary N) is 3. The van der Waals surface area contributed by atoms with Gasteiger partial charge in [-0.2, -0.15) is 11.8 Å². The molecule has 5 amide bonds. The lowest BCUT2D eigenvalue weighted by Gasteiger charge is -2.26. The molecular formula is C19H34N6O7S. The van der Waals surface area contributed by atoms with Crippen LogP contribution in [0.25, 0.3) is 0 Å². The third-order valence-electron chi connectivity index (χ3n) is 4.55. The van der Waals surface area contributed by atoms with Crippen LogP contribution in [0.1, 0.15) is 39.5 Å². The molecule has 13 nitrogen and oxygen atoms in total. The Hall–Kier alpha value is -2.87. The van der Waals surface area contributed by atoms with Crippen LogP contribution in [0.15, 0.2) is 0 Å². The van der Waals surface area contributed by atoms with Gasteiger partial charge in [0.05, 0.1) is 12.5 Å². The number of primary amides is 2. The lowest BCUT2D eigenvalue weighted by molar-refractivity contribution is -0.142. The Morgan fingerprint density at radius 3 is 1.88 bits per heavy atom. The van der Waals surface area contributed by atoms with Gasteiger partial charge in [-0.25, -0.2) is 4.79 Å². The van der Waals surface area contributed by atoms with Gasteiger partial charge in [0.25, 0.3) is 0 Å². The normalized spacial score (nSPS) is 14.5. The molecule has 0 bridgehead atoms. The molecule has 0 aliphatic rings. The molecule has 0 aromatic carbocycles. The summed E-state index contributed by atoms with van der Waals surface area (Å²) in [6.07, 6.45) is 1.05. The molecule has 0 fully saturated rings. The number of nitrogens with two attached hydrogens (primary N) is 3. The predicted octanol–water partition coefficient (Wildman–Crippen LogP) is -2.60. The van der Waals surface area contributed by atoms with Crippen LogP contribution in [-0.2, 0) is 28.8 Å². The van der Waals surface area contributed by atoms with Crippen LogP contribution >= 0.6 is 11.8 Å². The van der Waals surface area contributed by atoms with Crippen LogP contribution in [0.2, 0.25) is 0 Å². The summed E-state index contributed by atoms with van der Waals surface area (Å²) >= 11 is 1.51. The van der Waals surface area contributed by atoms with Gasteiger partial charge in [0.15, 0.2) is 0 Å². The fourth-order valence-electron chi connectivity index (χ4n) is 2.66. The standard InChI is InChI=1S/C19H34N6O7S/c1-9(2)15(25-16(28)10(20)6-7-33-3)18(30)24-12(8-14(22)27)17(29)23-11(19(31)32)4-5-13(21)26/h9-12,15H,4-8,20H2,1-3H3,(H2,21,26)(H2,22,27)(H,23,29)(H,24,30)(H,25,28)(H,31,32). The van der Waals surface area contributed by atoms with Crippen molar-refractivity contribution in [3.05, 3.63) is 0 Å². The number of carboxylic acids is 1. The number of carbonyl (C=O) groups is 6. The molecule has 14 heteroatoms. The van der Waals surface area contributed by atoms with Crippen LogP contribution in [-0.4, -0.2) is 76.8 Å². The van der Waals surface area contributed by atoms with Gasteiger partial charge in [-0.15, -0.1) is 0 Å². The zero-order valence-electron chi connectivity index (χ0n) is 19.0. The maximum absolute atomic E-state index is 12.8. The van der Waals surface area contributed by atoms with E-state index in [9.17, 15) is 33.9 Å². The van der Waals surface area contributed by atoms with Gasteiger partial charge in [0.2, 0.25) is 29.5 Å². The maximum Gasteiger partial charge on any atom is 0.326 e. The molecule has 10 N–H and O–H groups in total. The first-order chi connectivity index (χ1) is 15.3. The molecule has 0 aromatic rings. The van der Waals surface area contributed by atoms with Crippen LogP contribution < -0.4 is 33.2 Å². The fourth-order valence-corrected chi connectivity index (χ4v) is 3.15. The second-order valence-electron chi connectivity index (χ2n) is 7.75. The smallest absolute Gasteiger partial charge is 0.326 e. The van der Waals surface area contributed by atoms with E-state index in [0.717, 1.165) is 0 Å². The quantitative estimate of drug-likeness (QED) is 0.120. The first-order valence-corrected chi connectivity index (χ1v) is 11.6. The second kappa shape index (κ2) is 15.1. The summed E-state index contributed by atoms with van der Waals surface area (Å²) in [6.45, 7) is 3.32. The van der Waals surface area contributed by atoms with Crippen molar-refractivity contribution in [3.8, 4) is 0 Å². The molecule has 0 rings (SSSR count). The summed E-state index contributed by atoms with van der Waals surface area (Å²) in [5.74, 6) is -5.19. The van der Waals surface area contributed by atoms with E-state index in [1.165, 1.54) is 11.8 Å². The number of hydrogen-bond donors (Lipinski definition) is 7. The zero-order valence-corrected chi connectivity index (χ0v) is 19.8. The van der Waals surface area contributed by atoms with Crippen molar-refractivity contribution in [3.63, 3.8) is 0 Å². The first-order valence-electron chi connectivity index (χ1n) is 10.2. The Bertz CT molecular complexity index is 733. The summed E-state index contributed by atoms with van der Waals surface area (Å²) in [7, 11) is 0. The summed E-state index contributed by atoms with van der Waals surface area (Å²) in [6, 6.07) is -4.90. The molecule has 0 aliphatic heterocycles. The van der Waals surface area contributed by atoms with Gasteiger partial charge in [0.1, 0.15) is 18.1 Å². The zero-order chi connectivity index (χ0) is 25.7. The average molecular weight is 491 g/mol. The highest BCUT2D eigenvalue weighted by Gasteiger charge is 2.32. The van der Waals surface area contributed by atoms with Crippen molar-refractivity contribution in [2.24, 2.45) is 23.1 Å². The molecule has 4 unspecified atom stereocenters. The molecule has 0 heterocycles. The van der Waals surface area contributed by atoms with Crippen molar-refractivity contribution < 1.29 is 33.9 Å². The first kappa shape index (κ1) is 30.1. The number of thioether (sulfide) groups is 1. The maximum atomic E-state index is 12.8. The highest BCUT2D eigenvalue weighted by atomic mass is 32.2. The minimum Gasteiger partial charge on any atom is -0.480 e. The summed E-state index contributed by atoms with van der Waals surface area (Å²) in [5, 5.41) is 16.3. The van der Waals surface area contributed by atoms with E-state index >= 15 is 0 Å². The largest absolute Gasteiger partial charge is 0.480 e. The molecule has 4 atom stereocenters. The number of hydrogen-bond acceptors (Lipinski definition) is 8. The molecule has 188 valence electrons. The SMILES string of the molecule is CSCCC(N)C(=O)NC(C(=O)NC(CC(N)=O)C(=O)NC(CCC(N)=O)C(=O)O)C(C)C. The average Bonchev–Trinajstić information content (AvgIpc) is 2.70. The van der Waals surface area contributed by atoms with E-state index in [4.69, 9.17) is 17.2 Å². The van der Waals surface area contributed by atoms with Crippen molar-refractivity contribution in [2.75, 3.05) is 12.0 Å². The van der Waals surface area contributed by atoms with Gasteiger partial charge < -0.3 is 38.3 Å². The molecule has 0 saturated heterocycles. The van der Waals surface area contributed by atoms with Crippen molar-refractivity contribution >= 4 is 47.3 Å². The molecule has 0 saturated carbocycles. The van der Waals surface area contributed by atoms with Crippen molar-refractivity contribution in [1.29, 1.82) is 0 Å². The van der Waals surface area contributed by atoms with Crippen molar-refractivity contribution in [2.45, 2.75) is 63.7 Å². The Morgan fingerprint density at radius 2 is 1.42 bits per heavy atom. The van der Waals surface area contributed by atoms with Gasteiger partial charge in [0, 0.05) is 6.42 Å². The van der Waals surface area contributed by atoms with Gasteiger partial charge in [-0.05, 0) is 30.8 Å². The number of amides is 5. The molecule has 0 spiro atoms. The number of carbonyl (C=O) groups excluding carboxylic acids is 5. The van der Waals surface area contributed by atoms with E-state index in [1.807, 2.05) is 6.26 Å². The van der Waals surface area contributed by atoms with E-state index in [1.54, 1.807) is 13.8 Å². The van der Waals surface area contributed by atoms with E-state index in [0.29, 0.717) is 12.2 Å². The lowest BCUT2D eigenvalue weighted by atomic mass is 10.0. The summed E-state index contributed by atoms with van der Waals surface area (Å²) < 4.78 is 0. The Kier molecular flexibility index (Phi) is 13.7. The van der Waals surface area contributed by atoms with E-state index < -0.39 is 72.0 Å². The second-order valence-corrected chi connectivity index (χ2v) is 8.74. The molecule has 33 heavy (non-hydrogen) atoms. The monoisotopic (exact) mass is 490 g/mol. The highest BCUT2D eigenvalue weighted by molar-refractivity contribution is 7.98. The van der Waals surface area contributed by atoms with Crippen LogP contribution in [0.3, 0.4) is 0 Å². The van der Waals surface area contributed by atoms with Crippen molar-refractivity contribution in [1.82, 2.24) is 16.0 Å². The highest BCUT2D eigenvalue weighted by Crippen LogP contribution is 2.07. The lowest BCUT2D eigenvalue weighted by Crippen LogP contribution is -2.59. The Labute approximate surface area is 196 Å². The molecule has 0 aliphatic carbocycles. The van der Waals surface area contributed by atoms with E-state index in [2.05, 4.69) is 16.0 Å². The molecule has 0 radical (unpaired) electrons. The number of aliphatic carboxylic acids is 1. The fraction of sp³-hybridized carbons (Fsp3) is 0.684. The third-order valence-corrected chi connectivity index (χ3v) is 5.19. The van der Waals surface area contributed by atoms with Gasteiger partial charge in [-0.3, -0.25) is 24.0 Å². The molecule has 0 aromatic heterocycles. The van der Waals surface area contributed by atoms with Gasteiger partial charge >= 0.3 is 5.97 Å². The Balaban J connectivity index is 5.41. The summed E-state index contributed by atoms with van der Waals surface area (Å²) in [4.78, 5) is 71.4. The molecular weight excluding hydrogens is 456 g/mol. The van der Waals surface area contributed by atoms with Crippen LogP contribution in [0.4, 0.5) is 0 Å².